The van der Waals surface area contributed by atoms with Crippen LogP contribution in [0.3, 0.4) is 0 Å². The fraction of sp³-hybridized carbons (Fsp3) is 0.0667. The minimum atomic E-state index is -0.553. The molecule has 2 N–H and O–H groups in total. The maximum atomic E-state index is 12.7. The summed E-state index contributed by atoms with van der Waals surface area (Å²) in [5.41, 5.74) is 5.61. The molecule has 0 fully saturated rings. The summed E-state index contributed by atoms with van der Waals surface area (Å²) in [4.78, 5) is 37.8. The molecule has 4 aromatic carbocycles. The zero-order chi connectivity index (χ0) is 27.8. The van der Waals surface area contributed by atoms with Crippen LogP contribution in [-0.4, -0.2) is 31.1 Å². The fourth-order valence-corrected chi connectivity index (χ4v) is 3.85. The van der Waals surface area contributed by atoms with E-state index in [2.05, 4.69) is 31.8 Å². The maximum absolute atomic E-state index is 12.7. The Hall–Kier alpha value is -4.76. The molecule has 0 saturated heterocycles. The van der Waals surface area contributed by atoms with Crippen molar-refractivity contribution in [3.05, 3.63) is 123 Å². The summed E-state index contributed by atoms with van der Waals surface area (Å²) in [7, 11) is 1.54. The van der Waals surface area contributed by atoms with Gasteiger partial charge in [0, 0.05) is 26.9 Å². The van der Waals surface area contributed by atoms with E-state index in [0.717, 1.165) is 10.0 Å². The molecule has 0 aliphatic rings. The first-order valence-electron chi connectivity index (χ1n) is 11.8. The molecule has 8 nitrogen and oxygen atoms in total. The van der Waals surface area contributed by atoms with Crippen molar-refractivity contribution in [2.45, 2.75) is 6.92 Å². The number of halogens is 1. The molecule has 0 spiro atoms. The number of hydrazone groups is 1. The van der Waals surface area contributed by atoms with Gasteiger partial charge >= 0.3 is 5.97 Å². The Bertz CT molecular complexity index is 1530. The molecule has 0 heterocycles. The number of methoxy groups -OCH3 is 1. The summed E-state index contributed by atoms with van der Waals surface area (Å²) in [6.07, 6.45) is 1.38. The van der Waals surface area contributed by atoms with E-state index >= 15 is 0 Å². The predicted octanol–water partition coefficient (Wildman–Crippen LogP) is 6.00. The minimum absolute atomic E-state index is 0.262. The lowest BCUT2D eigenvalue weighted by Gasteiger charge is -2.09. The highest BCUT2D eigenvalue weighted by Gasteiger charge is 2.13. The highest BCUT2D eigenvalue weighted by molar-refractivity contribution is 9.10. The van der Waals surface area contributed by atoms with Gasteiger partial charge in [-0.25, -0.2) is 10.2 Å². The summed E-state index contributed by atoms with van der Waals surface area (Å²) in [5.74, 6) is -0.430. The molecule has 0 aromatic heterocycles. The Kier molecular flexibility index (Phi) is 8.86. The summed E-state index contributed by atoms with van der Waals surface area (Å²) >= 11 is 3.39. The summed E-state index contributed by atoms with van der Waals surface area (Å²) in [5, 5.41) is 6.82. The third-order valence-electron chi connectivity index (χ3n) is 5.57. The monoisotopic (exact) mass is 585 g/mol. The molecule has 9 heteroatoms. The van der Waals surface area contributed by atoms with Gasteiger partial charge in [-0.05, 0) is 79.7 Å². The number of esters is 1. The van der Waals surface area contributed by atoms with Crippen molar-refractivity contribution in [1.29, 1.82) is 0 Å². The molecule has 4 rings (SSSR count). The number of carbonyl (C=O) groups excluding carboxylic acids is 3. The largest absolute Gasteiger partial charge is 0.497 e. The van der Waals surface area contributed by atoms with Crippen LogP contribution in [0.15, 0.2) is 101 Å². The van der Waals surface area contributed by atoms with Gasteiger partial charge in [-0.1, -0.05) is 39.7 Å². The molecule has 4 aromatic rings. The van der Waals surface area contributed by atoms with Crippen LogP contribution in [0.25, 0.3) is 0 Å². The average molecular weight is 586 g/mol. The number of benzene rings is 4. The normalized spacial score (nSPS) is 10.6. The van der Waals surface area contributed by atoms with Crippen molar-refractivity contribution in [1.82, 2.24) is 5.43 Å². The molecule has 2 amide bonds. The van der Waals surface area contributed by atoms with Crippen LogP contribution in [0.1, 0.15) is 42.2 Å². The quantitative estimate of drug-likeness (QED) is 0.114. The number of aryl methyl sites for hydroxylation is 1. The van der Waals surface area contributed by atoms with Crippen LogP contribution in [0.5, 0.6) is 11.5 Å². The van der Waals surface area contributed by atoms with Gasteiger partial charge < -0.3 is 14.8 Å². The van der Waals surface area contributed by atoms with Crippen molar-refractivity contribution in [2.24, 2.45) is 5.10 Å². The van der Waals surface area contributed by atoms with Gasteiger partial charge in [-0.2, -0.15) is 5.10 Å². The van der Waals surface area contributed by atoms with Crippen molar-refractivity contribution in [3.8, 4) is 11.5 Å². The Morgan fingerprint density at radius 2 is 1.54 bits per heavy atom. The van der Waals surface area contributed by atoms with Gasteiger partial charge in [0.15, 0.2) is 0 Å². The van der Waals surface area contributed by atoms with Crippen LogP contribution >= 0.6 is 15.9 Å². The molecule has 0 saturated carbocycles. The standard InChI is InChI=1S/C30H24BrN3O5/c1-19-6-8-20(9-7-19)28(35)33-25-5-3-4-22(17-25)29(36)34-32-18-23-16-24(31)12-15-27(23)39-30(37)21-10-13-26(38-2)14-11-21/h3-18H,1-2H3,(H,33,35)(H,34,36). The molecule has 0 aliphatic carbocycles. The average Bonchev–Trinajstić information content (AvgIpc) is 2.94. The lowest BCUT2D eigenvalue weighted by atomic mass is 10.1. The summed E-state index contributed by atoms with van der Waals surface area (Å²) in [6, 6.07) is 25.3. The first kappa shape index (κ1) is 27.3. The van der Waals surface area contributed by atoms with Crippen molar-refractivity contribution >= 4 is 45.6 Å². The molecule has 0 aliphatic heterocycles. The zero-order valence-electron chi connectivity index (χ0n) is 21.1. The van der Waals surface area contributed by atoms with E-state index in [4.69, 9.17) is 9.47 Å². The van der Waals surface area contributed by atoms with E-state index in [-0.39, 0.29) is 11.7 Å². The molecular formula is C30H24BrN3O5. The highest BCUT2D eigenvalue weighted by atomic mass is 79.9. The van der Waals surface area contributed by atoms with E-state index < -0.39 is 11.9 Å². The molecule has 0 unspecified atom stereocenters. The fourth-order valence-electron chi connectivity index (χ4n) is 3.47. The number of hydrogen-bond donors (Lipinski definition) is 2. The predicted molar refractivity (Wildman–Crippen MR) is 153 cm³/mol. The smallest absolute Gasteiger partial charge is 0.343 e. The molecule has 0 atom stereocenters. The molecule has 0 radical (unpaired) electrons. The second-order valence-electron chi connectivity index (χ2n) is 8.40. The number of nitrogens with one attached hydrogen (secondary N) is 2. The minimum Gasteiger partial charge on any atom is -0.497 e. The first-order chi connectivity index (χ1) is 18.8. The van der Waals surface area contributed by atoms with E-state index in [0.29, 0.717) is 33.7 Å². The van der Waals surface area contributed by atoms with Gasteiger partial charge in [-0.3, -0.25) is 9.59 Å². The van der Waals surface area contributed by atoms with Gasteiger partial charge in [0.05, 0.1) is 18.9 Å². The first-order valence-corrected chi connectivity index (χ1v) is 12.6. The SMILES string of the molecule is COc1ccc(C(=O)Oc2ccc(Br)cc2C=NNC(=O)c2cccc(NC(=O)c3ccc(C)cc3)c2)cc1. The van der Waals surface area contributed by atoms with E-state index in [1.165, 1.54) is 6.21 Å². The van der Waals surface area contributed by atoms with Gasteiger partial charge in [0.2, 0.25) is 0 Å². The Balaban J connectivity index is 1.42. The lowest BCUT2D eigenvalue weighted by Crippen LogP contribution is -2.18. The number of rotatable bonds is 8. The van der Waals surface area contributed by atoms with E-state index in [1.54, 1.807) is 86.0 Å². The van der Waals surface area contributed by atoms with Gasteiger partial charge in [0.1, 0.15) is 11.5 Å². The lowest BCUT2D eigenvalue weighted by molar-refractivity contribution is 0.0733. The third kappa shape index (κ3) is 7.39. The number of carbonyl (C=O) groups is 3. The third-order valence-corrected chi connectivity index (χ3v) is 6.06. The number of amides is 2. The number of ether oxygens (including phenoxy) is 2. The van der Waals surface area contributed by atoms with Crippen LogP contribution in [0.2, 0.25) is 0 Å². The number of anilines is 1. The van der Waals surface area contributed by atoms with E-state index in [9.17, 15) is 14.4 Å². The Morgan fingerprint density at radius 1 is 0.821 bits per heavy atom. The van der Waals surface area contributed by atoms with Crippen LogP contribution in [0.4, 0.5) is 5.69 Å². The summed E-state index contributed by atoms with van der Waals surface area (Å²) in [6.45, 7) is 1.94. The van der Waals surface area contributed by atoms with Crippen LogP contribution in [-0.2, 0) is 0 Å². The second-order valence-corrected chi connectivity index (χ2v) is 9.32. The number of hydrogen-bond acceptors (Lipinski definition) is 6. The van der Waals surface area contributed by atoms with Crippen molar-refractivity contribution in [3.63, 3.8) is 0 Å². The van der Waals surface area contributed by atoms with Gasteiger partial charge in [0.25, 0.3) is 11.8 Å². The zero-order valence-corrected chi connectivity index (χ0v) is 22.7. The topological polar surface area (TPSA) is 106 Å². The Morgan fingerprint density at radius 3 is 2.26 bits per heavy atom. The molecule has 196 valence electrons. The number of nitrogens with zero attached hydrogens (tertiary/aromatic N) is 1. The summed E-state index contributed by atoms with van der Waals surface area (Å²) < 4.78 is 11.4. The molecule has 39 heavy (non-hydrogen) atoms. The highest BCUT2D eigenvalue weighted by Crippen LogP contribution is 2.23. The molecular weight excluding hydrogens is 562 g/mol. The van der Waals surface area contributed by atoms with Crippen LogP contribution in [0, 0.1) is 6.92 Å². The van der Waals surface area contributed by atoms with Crippen molar-refractivity contribution < 1.29 is 23.9 Å². The van der Waals surface area contributed by atoms with Crippen molar-refractivity contribution in [2.75, 3.05) is 12.4 Å². The molecule has 0 bridgehead atoms. The van der Waals surface area contributed by atoms with Gasteiger partial charge in [-0.15, -0.1) is 0 Å². The van der Waals surface area contributed by atoms with E-state index in [1.807, 2.05) is 19.1 Å². The second kappa shape index (κ2) is 12.7. The Labute approximate surface area is 233 Å². The maximum Gasteiger partial charge on any atom is 0.343 e. The van der Waals surface area contributed by atoms with Crippen LogP contribution < -0.4 is 20.2 Å².